The number of rotatable bonds is 3. The summed E-state index contributed by atoms with van der Waals surface area (Å²) in [5, 5.41) is 0.215. The fraction of sp³-hybridized carbons (Fsp3) is 0.571. The molecular formula is C14H17BrClNO4S. The molecule has 8 heteroatoms. The number of hydrogen-bond donors (Lipinski definition) is 0. The predicted octanol–water partition coefficient (Wildman–Crippen LogP) is 3.02. The molecular weight excluding hydrogens is 394 g/mol. The van der Waals surface area contributed by atoms with Crippen LogP contribution < -0.4 is 0 Å². The van der Waals surface area contributed by atoms with E-state index in [0.29, 0.717) is 19.8 Å². The van der Waals surface area contributed by atoms with Crippen LogP contribution in [-0.2, 0) is 19.5 Å². The number of hydrogen-bond acceptors (Lipinski definition) is 4. The Morgan fingerprint density at radius 2 is 1.95 bits per heavy atom. The highest BCUT2D eigenvalue weighted by molar-refractivity contribution is 9.10. The van der Waals surface area contributed by atoms with Crippen LogP contribution in [0, 0.1) is 0 Å². The van der Waals surface area contributed by atoms with Crippen LogP contribution in [0.3, 0.4) is 0 Å². The van der Waals surface area contributed by atoms with Gasteiger partial charge in [-0.3, -0.25) is 0 Å². The van der Waals surface area contributed by atoms with Gasteiger partial charge >= 0.3 is 0 Å². The summed E-state index contributed by atoms with van der Waals surface area (Å²) in [6.45, 7) is 1.48. The molecule has 0 unspecified atom stereocenters. The third-order valence-electron chi connectivity index (χ3n) is 3.94. The lowest BCUT2D eigenvalue weighted by Gasteiger charge is -2.37. The maximum atomic E-state index is 13.0. The van der Waals surface area contributed by atoms with E-state index in [1.807, 2.05) is 0 Å². The molecule has 2 aliphatic heterocycles. The van der Waals surface area contributed by atoms with Crippen LogP contribution in [0.2, 0.25) is 5.02 Å². The van der Waals surface area contributed by atoms with Crippen molar-refractivity contribution < 1.29 is 17.9 Å². The first-order valence-electron chi connectivity index (χ1n) is 7.20. The standard InChI is InChI=1S/C14H17BrClNO4S/c15-10-4-5-13(11(16)9-10)22(18,19)17-6-2-1-3-12(17)14-20-7-8-21-14/h4-5,9,12,14H,1-3,6-8H2/t12-/m0/s1. The average Bonchev–Trinajstić information content (AvgIpc) is 3.01. The Morgan fingerprint density at radius 1 is 1.23 bits per heavy atom. The van der Waals surface area contributed by atoms with Crippen molar-refractivity contribution in [2.24, 2.45) is 0 Å². The van der Waals surface area contributed by atoms with Crippen molar-refractivity contribution in [3.8, 4) is 0 Å². The number of benzene rings is 1. The molecule has 5 nitrogen and oxygen atoms in total. The third kappa shape index (κ3) is 3.20. The monoisotopic (exact) mass is 409 g/mol. The van der Waals surface area contributed by atoms with E-state index in [1.54, 1.807) is 12.1 Å². The van der Waals surface area contributed by atoms with E-state index in [9.17, 15) is 8.42 Å². The lowest BCUT2D eigenvalue weighted by Crippen LogP contribution is -2.50. The molecule has 1 aromatic carbocycles. The zero-order valence-electron chi connectivity index (χ0n) is 11.9. The summed E-state index contributed by atoms with van der Waals surface area (Å²) in [6.07, 6.45) is 2.05. The molecule has 0 radical (unpaired) electrons. The molecule has 3 rings (SSSR count). The van der Waals surface area contributed by atoms with Crippen LogP contribution in [-0.4, -0.2) is 44.8 Å². The van der Waals surface area contributed by atoms with Gasteiger partial charge in [0.05, 0.1) is 24.3 Å². The molecule has 0 amide bonds. The summed E-state index contributed by atoms with van der Waals surface area (Å²) >= 11 is 9.43. The summed E-state index contributed by atoms with van der Waals surface area (Å²) in [5.41, 5.74) is 0. The molecule has 1 aromatic rings. The van der Waals surface area contributed by atoms with Gasteiger partial charge in [-0.2, -0.15) is 4.31 Å². The Balaban J connectivity index is 1.94. The minimum Gasteiger partial charge on any atom is -0.349 e. The Labute approximate surface area is 143 Å². The van der Waals surface area contributed by atoms with E-state index >= 15 is 0 Å². The highest BCUT2D eigenvalue weighted by atomic mass is 79.9. The molecule has 0 aliphatic carbocycles. The van der Waals surface area contributed by atoms with Crippen LogP contribution in [0.15, 0.2) is 27.6 Å². The van der Waals surface area contributed by atoms with Gasteiger partial charge in [-0.1, -0.05) is 34.0 Å². The fourth-order valence-electron chi connectivity index (χ4n) is 2.91. The topological polar surface area (TPSA) is 55.8 Å². The van der Waals surface area contributed by atoms with E-state index in [0.717, 1.165) is 23.7 Å². The van der Waals surface area contributed by atoms with Gasteiger partial charge < -0.3 is 9.47 Å². The molecule has 0 aromatic heterocycles. The van der Waals surface area contributed by atoms with Crippen LogP contribution in [0.5, 0.6) is 0 Å². The summed E-state index contributed by atoms with van der Waals surface area (Å²) < 4.78 is 39.3. The Morgan fingerprint density at radius 3 is 2.64 bits per heavy atom. The van der Waals surface area contributed by atoms with E-state index in [1.165, 1.54) is 10.4 Å². The zero-order chi connectivity index (χ0) is 15.7. The average molecular weight is 411 g/mol. The second kappa shape index (κ2) is 6.75. The summed E-state index contributed by atoms with van der Waals surface area (Å²) in [7, 11) is -3.68. The first-order chi connectivity index (χ1) is 10.5. The SMILES string of the molecule is O=S(=O)(c1ccc(Br)cc1Cl)N1CCCC[C@H]1C1OCCO1. The summed E-state index contributed by atoms with van der Waals surface area (Å²) in [5.74, 6) is 0. The van der Waals surface area contributed by atoms with Crippen molar-refractivity contribution in [2.45, 2.75) is 36.5 Å². The van der Waals surface area contributed by atoms with Crippen molar-refractivity contribution in [2.75, 3.05) is 19.8 Å². The lowest BCUT2D eigenvalue weighted by atomic mass is 10.0. The number of ether oxygens (including phenoxy) is 2. The van der Waals surface area contributed by atoms with Crippen LogP contribution in [0.4, 0.5) is 0 Å². The van der Waals surface area contributed by atoms with E-state index in [4.69, 9.17) is 21.1 Å². The highest BCUT2D eigenvalue weighted by Crippen LogP contribution is 2.33. The number of sulfonamides is 1. The third-order valence-corrected chi connectivity index (χ3v) is 6.84. The Hall–Kier alpha value is -0.180. The summed E-state index contributed by atoms with van der Waals surface area (Å²) in [4.78, 5) is 0.127. The number of halogens is 2. The minimum absolute atomic E-state index is 0.127. The zero-order valence-corrected chi connectivity index (χ0v) is 15.0. The molecule has 0 N–H and O–H groups in total. The minimum atomic E-state index is -3.68. The van der Waals surface area contributed by atoms with Crippen molar-refractivity contribution in [3.63, 3.8) is 0 Å². The van der Waals surface area contributed by atoms with Gasteiger partial charge in [0.15, 0.2) is 6.29 Å². The van der Waals surface area contributed by atoms with Crippen molar-refractivity contribution >= 4 is 37.6 Å². The van der Waals surface area contributed by atoms with Gasteiger partial charge in [0.25, 0.3) is 0 Å². The molecule has 2 saturated heterocycles. The maximum absolute atomic E-state index is 13.0. The first-order valence-corrected chi connectivity index (χ1v) is 9.81. The van der Waals surface area contributed by atoms with E-state index in [-0.39, 0.29) is 16.0 Å². The second-order valence-corrected chi connectivity index (χ2v) is 8.55. The van der Waals surface area contributed by atoms with E-state index < -0.39 is 16.3 Å². The number of nitrogens with zero attached hydrogens (tertiary/aromatic N) is 1. The molecule has 22 heavy (non-hydrogen) atoms. The molecule has 2 aliphatic rings. The van der Waals surface area contributed by atoms with Gasteiger partial charge in [0.1, 0.15) is 4.90 Å². The fourth-order valence-corrected chi connectivity index (χ4v) is 5.61. The highest BCUT2D eigenvalue weighted by Gasteiger charge is 2.41. The molecule has 122 valence electrons. The van der Waals surface area contributed by atoms with Crippen LogP contribution >= 0.6 is 27.5 Å². The molecule has 1 atom stereocenters. The van der Waals surface area contributed by atoms with E-state index in [2.05, 4.69) is 15.9 Å². The Kier molecular flexibility index (Phi) is 5.11. The molecule has 2 heterocycles. The van der Waals surface area contributed by atoms with Crippen molar-refractivity contribution in [3.05, 3.63) is 27.7 Å². The van der Waals surface area contributed by atoms with Gasteiger partial charge in [-0.15, -0.1) is 0 Å². The van der Waals surface area contributed by atoms with Crippen molar-refractivity contribution in [1.82, 2.24) is 4.31 Å². The maximum Gasteiger partial charge on any atom is 0.244 e. The molecule has 2 fully saturated rings. The summed E-state index contributed by atoms with van der Waals surface area (Å²) in [6, 6.07) is 4.51. The first kappa shape index (κ1) is 16.7. The largest absolute Gasteiger partial charge is 0.349 e. The predicted molar refractivity (Wildman–Crippen MR) is 86.4 cm³/mol. The van der Waals surface area contributed by atoms with Crippen molar-refractivity contribution in [1.29, 1.82) is 0 Å². The van der Waals surface area contributed by atoms with Gasteiger partial charge in [-0.05, 0) is 31.0 Å². The quantitative estimate of drug-likeness (QED) is 0.768. The number of piperidine rings is 1. The van der Waals surface area contributed by atoms with Gasteiger partial charge in [0, 0.05) is 11.0 Å². The van der Waals surface area contributed by atoms with Crippen LogP contribution in [0.1, 0.15) is 19.3 Å². The normalized spacial score (nSPS) is 24.7. The smallest absolute Gasteiger partial charge is 0.244 e. The van der Waals surface area contributed by atoms with Crippen LogP contribution in [0.25, 0.3) is 0 Å². The molecule has 0 bridgehead atoms. The Bertz CT molecular complexity index is 648. The lowest BCUT2D eigenvalue weighted by molar-refractivity contribution is -0.0913. The molecule has 0 saturated carbocycles. The van der Waals surface area contributed by atoms with Gasteiger partial charge in [-0.25, -0.2) is 8.42 Å². The second-order valence-electron chi connectivity index (χ2n) is 5.36. The van der Waals surface area contributed by atoms with Gasteiger partial charge in [0.2, 0.25) is 10.0 Å². The molecule has 0 spiro atoms.